The molecule has 3 aromatic rings. The van der Waals surface area contributed by atoms with Crippen LogP contribution in [-0.4, -0.2) is 31.7 Å². The molecule has 1 amide bonds. The number of anilines is 1. The van der Waals surface area contributed by atoms with Crippen LogP contribution in [0.3, 0.4) is 0 Å². The molecule has 0 aromatic heterocycles. The Morgan fingerprint density at radius 2 is 1.72 bits per heavy atom. The van der Waals surface area contributed by atoms with Gasteiger partial charge in [-0.2, -0.15) is 4.31 Å². The third kappa shape index (κ3) is 4.38. The van der Waals surface area contributed by atoms with E-state index in [1.165, 1.54) is 9.87 Å². The molecule has 1 aliphatic heterocycles. The highest BCUT2D eigenvalue weighted by atomic mass is 32.2. The van der Waals surface area contributed by atoms with Crippen LogP contribution in [0.25, 0.3) is 0 Å². The molecule has 164 valence electrons. The van der Waals surface area contributed by atoms with Gasteiger partial charge in [-0.1, -0.05) is 54.1 Å². The molecule has 4 rings (SSSR count). The Morgan fingerprint density at radius 3 is 2.41 bits per heavy atom. The molecule has 3 aromatic carbocycles. The molecule has 0 unspecified atom stereocenters. The lowest BCUT2D eigenvalue weighted by Gasteiger charge is -2.21. The number of carbonyl (C=O) groups is 1. The number of hydrogen-bond donors (Lipinski definition) is 0. The summed E-state index contributed by atoms with van der Waals surface area (Å²) in [5.41, 5.74) is 4.53. The minimum atomic E-state index is -3.66. The van der Waals surface area contributed by atoms with Gasteiger partial charge in [0.2, 0.25) is 10.0 Å². The number of fused-ring (bicyclic) bond motifs is 1. The maximum absolute atomic E-state index is 13.1. The second-order valence-corrected chi connectivity index (χ2v) is 9.87. The summed E-state index contributed by atoms with van der Waals surface area (Å²) in [6.45, 7) is 6.69. The van der Waals surface area contributed by atoms with Crippen molar-refractivity contribution in [3.63, 3.8) is 0 Å². The van der Waals surface area contributed by atoms with Crippen molar-refractivity contribution >= 4 is 21.6 Å². The minimum absolute atomic E-state index is 0.0447. The number of aryl methyl sites for hydroxylation is 1. The van der Waals surface area contributed by atoms with Gasteiger partial charge < -0.3 is 4.90 Å². The fourth-order valence-electron chi connectivity index (χ4n) is 3.91. The summed E-state index contributed by atoms with van der Waals surface area (Å²) in [5, 5.41) is 0. The van der Waals surface area contributed by atoms with Gasteiger partial charge in [0, 0.05) is 30.9 Å². The van der Waals surface area contributed by atoms with E-state index >= 15 is 0 Å². The lowest BCUT2D eigenvalue weighted by atomic mass is 10.1. The van der Waals surface area contributed by atoms with E-state index in [9.17, 15) is 13.2 Å². The second-order valence-electron chi connectivity index (χ2n) is 7.93. The van der Waals surface area contributed by atoms with Crippen LogP contribution < -0.4 is 4.90 Å². The van der Waals surface area contributed by atoms with Gasteiger partial charge in [-0.25, -0.2) is 8.42 Å². The highest BCUT2D eigenvalue weighted by molar-refractivity contribution is 7.89. The Bertz CT molecular complexity index is 1230. The van der Waals surface area contributed by atoms with E-state index in [0.717, 1.165) is 23.2 Å². The third-order valence-electron chi connectivity index (χ3n) is 5.68. The SMILES string of the molecule is C=CCN(Cc1ccc(C(=O)N2CCc3ccccc32)cc1)S(=O)(=O)c1ccc(C)cc1. The standard InChI is InChI=1S/C26H26N2O3S/c1-3-17-27(32(30,31)24-14-8-20(2)9-15-24)19-21-10-12-23(13-11-21)26(29)28-18-16-22-6-4-5-7-25(22)28/h3-15H,1,16-19H2,2H3. The molecule has 0 N–H and O–H groups in total. The quantitative estimate of drug-likeness (QED) is 0.500. The topological polar surface area (TPSA) is 57.7 Å². The molecular formula is C26H26N2O3S. The summed E-state index contributed by atoms with van der Waals surface area (Å²) < 4.78 is 27.6. The molecule has 0 saturated carbocycles. The van der Waals surface area contributed by atoms with Crippen LogP contribution in [0.1, 0.15) is 27.0 Å². The first-order valence-corrected chi connectivity index (χ1v) is 12.0. The van der Waals surface area contributed by atoms with Crippen LogP contribution in [0.4, 0.5) is 5.69 Å². The van der Waals surface area contributed by atoms with Crippen molar-refractivity contribution in [3.05, 3.63) is 108 Å². The fourth-order valence-corrected chi connectivity index (χ4v) is 5.31. The number of para-hydroxylation sites is 1. The molecule has 0 fully saturated rings. The Balaban J connectivity index is 1.52. The van der Waals surface area contributed by atoms with Crippen molar-refractivity contribution in [1.29, 1.82) is 0 Å². The molecule has 5 nitrogen and oxygen atoms in total. The zero-order valence-electron chi connectivity index (χ0n) is 18.1. The number of benzene rings is 3. The van der Waals surface area contributed by atoms with Crippen molar-refractivity contribution in [1.82, 2.24) is 4.31 Å². The number of rotatable bonds is 7. The van der Waals surface area contributed by atoms with Crippen LogP contribution >= 0.6 is 0 Å². The normalized spacial score (nSPS) is 13.2. The van der Waals surface area contributed by atoms with Crippen LogP contribution in [0, 0.1) is 6.92 Å². The number of hydrogen-bond acceptors (Lipinski definition) is 3. The summed E-state index contributed by atoms with van der Waals surface area (Å²) in [4.78, 5) is 15.1. The van der Waals surface area contributed by atoms with Gasteiger partial charge in [-0.15, -0.1) is 6.58 Å². The van der Waals surface area contributed by atoms with Gasteiger partial charge in [0.1, 0.15) is 0 Å². The molecule has 32 heavy (non-hydrogen) atoms. The maximum atomic E-state index is 13.1. The van der Waals surface area contributed by atoms with Crippen molar-refractivity contribution < 1.29 is 13.2 Å². The summed E-state index contributed by atoms with van der Waals surface area (Å²) >= 11 is 0. The van der Waals surface area contributed by atoms with Crippen LogP contribution in [-0.2, 0) is 23.0 Å². The van der Waals surface area contributed by atoms with E-state index in [0.29, 0.717) is 12.1 Å². The molecule has 1 aliphatic rings. The number of sulfonamides is 1. The summed E-state index contributed by atoms with van der Waals surface area (Å²) in [6, 6.07) is 21.9. The van der Waals surface area contributed by atoms with Crippen molar-refractivity contribution in [2.45, 2.75) is 24.8 Å². The average Bonchev–Trinajstić information content (AvgIpc) is 3.23. The summed E-state index contributed by atoms with van der Waals surface area (Å²) in [7, 11) is -3.66. The number of carbonyl (C=O) groups excluding carboxylic acids is 1. The molecule has 0 bridgehead atoms. The molecule has 6 heteroatoms. The maximum Gasteiger partial charge on any atom is 0.258 e. The van der Waals surface area contributed by atoms with Crippen molar-refractivity contribution in [3.8, 4) is 0 Å². The zero-order chi connectivity index (χ0) is 22.7. The van der Waals surface area contributed by atoms with Gasteiger partial charge in [0.25, 0.3) is 5.91 Å². The largest absolute Gasteiger partial charge is 0.308 e. The van der Waals surface area contributed by atoms with E-state index in [4.69, 9.17) is 0 Å². The lowest BCUT2D eigenvalue weighted by Crippen LogP contribution is -2.31. The molecular weight excluding hydrogens is 420 g/mol. The average molecular weight is 447 g/mol. The summed E-state index contributed by atoms with van der Waals surface area (Å²) in [5.74, 6) is -0.0447. The van der Waals surface area contributed by atoms with E-state index in [-0.39, 0.29) is 23.9 Å². The first kappa shape index (κ1) is 22.0. The lowest BCUT2D eigenvalue weighted by molar-refractivity contribution is 0.0989. The summed E-state index contributed by atoms with van der Waals surface area (Å²) in [6.07, 6.45) is 2.43. The fraction of sp³-hybridized carbons (Fsp3) is 0.192. The van der Waals surface area contributed by atoms with Gasteiger partial charge in [0.15, 0.2) is 0 Å². The Hall–Kier alpha value is -3.22. The smallest absolute Gasteiger partial charge is 0.258 e. The van der Waals surface area contributed by atoms with Gasteiger partial charge in [-0.05, 0) is 54.8 Å². The molecule has 1 heterocycles. The zero-order valence-corrected chi connectivity index (χ0v) is 18.9. The van der Waals surface area contributed by atoms with Gasteiger partial charge in [0.05, 0.1) is 4.90 Å². The highest BCUT2D eigenvalue weighted by Gasteiger charge is 2.26. The van der Waals surface area contributed by atoms with Crippen LogP contribution in [0.2, 0.25) is 0 Å². The molecule has 0 radical (unpaired) electrons. The van der Waals surface area contributed by atoms with E-state index in [1.807, 2.05) is 43.3 Å². The van der Waals surface area contributed by atoms with E-state index in [2.05, 4.69) is 6.58 Å². The molecule has 0 aliphatic carbocycles. The Labute approximate surface area is 189 Å². The molecule has 0 spiro atoms. The van der Waals surface area contributed by atoms with Crippen LogP contribution in [0.15, 0.2) is 90.3 Å². The first-order valence-electron chi connectivity index (χ1n) is 10.6. The predicted molar refractivity (Wildman–Crippen MR) is 127 cm³/mol. The van der Waals surface area contributed by atoms with Gasteiger partial charge in [-0.3, -0.25) is 4.79 Å². The molecule has 0 saturated heterocycles. The second kappa shape index (κ2) is 9.10. The van der Waals surface area contributed by atoms with Gasteiger partial charge >= 0.3 is 0 Å². The predicted octanol–water partition coefficient (Wildman–Crippen LogP) is 4.57. The minimum Gasteiger partial charge on any atom is -0.308 e. The highest BCUT2D eigenvalue weighted by Crippen LogP contribution is 2.29. The first-order chi connectivity index (χ1) is 15.4. The van der Waals surface area contributed by atoms with E-state index < -0.39 is 10.0 Å². The van der Waals surface area contributed by atoms with Crippen LogP contribution in [0.5, 0.6) is 0 Å². The number of amides is 1. The monoisotopic (exact) mass is 446 g/mol. The van der Waals surface area contributed by atoms with Crippen molar-refractivity contribution in [2.24, 2.45) is 0 Å². The van der Waals surface area contributed by atoms with Crippen molar-refractivity contribution in [2.75, 3.05) is 18.0 Å². The Kier molecular flexibility index (Phi) is 6.26. The number of nitrogens with zero attached hydrogens (tertiary/aromatic N) is 2. The Morgan fingerprint density at radius 1 is 1.03 bits per heavy atom. The van der Waals surface area contributed by atoms with E-state index in [1.54, 1.807) is 47.4 Å². The molecule has 0 atom stereocenters. The third-order valence-corrected chi connectivity index (χ3v) is 7.51.